The number of amides is 1. The summed E-state index contributed by atoms with van der Waals surface area (Å²) in [4.78, 5) is 23.5. The monoisotopic (exact) mass is 309 g/mol. The van der Waals surface area contributed by atoms with Crippen molar-refractivity contribution in [3.05, 3.63) is 77.0 Å². The molecule has 23 heavy (non-hydrogen) atoms. The van der Waals surface area contributed by atoms with E-state index in [0.29, 0.717) is 0 Å². The van der Waals surface area contributed by atoms with Crippen LogP contribution in [0.3, 0.4) is 0 Å². The molecule has 0 spiro atoms. The second-order valence-electron chi connectivity index (χ2n) is 5.21. The first-order chi connectivity index (χ1) is 11.0. The van der Waals surface area contributed by atoms with Crippen LogP contribution in [0.2, 0.25) is 0 Å². The molecule has 4 nitrogen and oxygen atoms in total. The van der Waals surface area contributed by atoms with Gasteiger partial charge in [-0.2, -0.15) is 0 Å². The van der Waals surface area contributed by atoms with E-state index in [0.717, 1.165) is 16.7 Å². The smallest absolute Gasteiger partial charge is 0.355 e. The molecule has 0 aliphatic heterocycles. The lowest BCUT2D eigenvalue weighted by molar-refractivity contribution is -0.141. The summed E-state index contributed by atoms with van der Waals surface area (Å²) in [5.74, 6) is -0.885. The third-order valence-electron chi connectivity index (χ3n) is 3.13. The van der Waals surface area contributed by atoms with Gasteiger partial charge in [0, 0.05) is 6.92 Å². The second kappa shape index (κ2) is 7.94. The highest BCUT2D eigenvalue weighted by Gasteiger charge is 2.13. The largest absolute Gasteiger partial charge is 0.456 e. The number of carbonyl (C=O) groups excluding carboxylic acids is 2. The van der Waals surface area contributed by atoms with Gasteiger partial charge in [0.25, 0.3) is 0 Å². The number of hydrogen-bond donors (Lipinski definition) is 1. The van der Waals surface area contributed by atoms with Crippen molar-refractivity contribution in [1.29, 1.82) is 0 Å². The van der Waals surface area contributed by atoms with Crippen molar-refractivity contribution in [3.8, 4) is 0 Å². The highest BCUT2D eigenvalue weighted by atomic mass is 16.5. The zero-order chi connectivity index (χ0) is 16.7. The Hall–Kier alpha value is -2.88. The maximum absolute atomic E-state index is 12.2. The lowest BCUT2D eigenvalue weighted by atomic mass is 10.2. The van der Waals surface area contributed by atoms with E-state index in [2.05, 4.69) is 5.32 Å². The fourth-order valence-corrected chi connectivity index (χ4v) is 1.96. The standard InChI is InChI=1S/C19H19NO3/c1-14-8-10-17(11-9-14)13-23-19(22)18(20-15(2)21)12-16-6-4-3-5-7-16/h3-12H,13H2,1-2H3,(H,20,21)/b18-12+. The molecule has 0 atom stereocenters. The van der Waals surface area contributed by atoms with Crippen molar-refractivity contribution >= 4 is 18.0 Å². The van der Waals surface area contributed by atoms with Crippen molar-refractivity contribution in [2.24, 2.45) is 0 Å². The van der Waals surface area contributed by atoms with Gasteiger partial charge in [0.15, 0.2) is 0 Å². The van der Waals surface area contributed by atoms with E-state index in [-0.39, 0.29) is 18.2 Å². The molecule has 1 amide bonds. The Morgan fingerprint density at radius 3 is 2.30 bits per heavy atom. The van der Waals surface area contributed by atoms with Crippen LogP contribution in [0.5, 0.6) is 0 Å². The molecule has 0 saturated heterocycles. The van der Waals surface area contributed by atoms with E-state index in [1.165, 1.54) is 6.92 Å². The average Bonchev–Trinajstić information content (AvgIpc) is 2.54. The molecule has 4 heteroatoms. The number of hydrogen-bond acceptors (Lipinski definition) is 3. The second-order valence-corrected chi connectivity index (χ2v) is 5.21. The SMILES string of the molecule is CC(=O)N/C(=C/c1ccccc1)C(=O)OCc1ccc(C)cc1. The van der Waals surface area contributed by atoms with Gasteiger partial charge in [-0.25, -0.2) is 4.79 Å². The van der Waals surface area contributed by atoms with E-state index in [1.807, 2.05) is 61.5 Å². The minimum Gasteiger partial charge on any atom is -0.456 e. The lowest BCUT2D eigenvalue weighted by Gasteiger charge is -2.09. The van der Waals surface area contributed by atoms with Gasteiger partial charge in [-0.05, 0) is 24.1 Å². The summed E-state index contributed by atoms with van der Waals surface area (Å²) >= 11 is 0. The summed E-state index contributed by atoms with van der Waals surface area (Å²) < 4.78 is 5.28. The summed E-state index contributed by atoms with van der Waals surface area (Å²) in [5, 5.41) is 2.52. The Balaban J connectivity index is 2.09. The van der Waals surface area contributed by atoms with Crippen LogP contribution >= 0.6 is 0 Å². The van der Waals surface area contributed by atoms with Gasteiger partial charge in [0.1, 0.15) is 12.3 Å². The predicted molar refractivity (Wildman–Crippen MR) is 89.2 cm³/mol. The Kier molecular flexibility index (Phi) is 5.69. The minimum absolute atomic E-state index is 0.121. The van der Waals surface area contributed by atoms with Gasteiger partial charge in [0.2, 0.25) is 5.91 Å². The first-order valence-corrected chi connectivity index (χ1v) is 7.31. The lowest BCUT2D eigenvalue weighted by Crippen LogP contribution is -2.26. The van der Waals surface area contributed by atoms with Crippen LogP contribution in [0.4, 0.5) is 0 Å². The minimum atomic E-state index is -0.565. The molecular weight excluding hydrogens is 290 g/mol. The summed E-state index contributed by atoms with van der Waals surface area (Å²) in [7, 11) is 0. The van der Waals surface area contributed by atoms with Gasteiger partial charge >= 0.3 is 5.97 Å². The van der Waals surface area contributed by atoms with Crippen molar-refractivity contribution in [2.75, 3.05) is 0 Å². The molecule has 0 fully saturated rings. The van der Waals surface area contributed by atoms with Crippen LogP contribution in [-0.4, -0.2) is 11.9 Å². The van der Waals surface area contributed by atoms with Crippen LogP contribution in [0.15, 0.2) is 60.3 Å². The number of rotatable bonds is 5. The molecule has 1 N–H and O–H groups in total. The summed E-state index contributed by atoms with van der Waals surface area (Å²) in [6.07, 6.45) is 1.60. The molecule has 0 bridgehead atoms. The average molecular weight is 309 g/mol. The highest BCUT2D eigenvalue weighted by Crippen LogP contribution is 2.09. The highest BCUT2D eigenvalue weighted by molar-refractivity contribution is 5.97. The first kappa shape index (κ1) is 16.5. The van der Waals surface area contributed by atoms with Crippen molar-refractivity contribution < 1.29 is 14.3 Å². The fourth-order valence-electron chi connectivity index (χ4n) is 1.96. The number of aryl methyl sites for hydroxylation is 1. The number of benzene rings is 2. The molecule has 118 valence electrons. The molecule has 0 aliphatic carbocycles. The van der Waals surface area contributed by atoms with Crippen LogP contribution in [0.25, 0.3) is 6.08 Å². The van der Waals surface area contributed by atoms with E-state index in [4.69, 9.17) is 4.74 Å². The molecule has 0 saturated carbocycles. The number of nitrogens with one attached hydrogen (secondary N) is 1. The Bertz CT molecular complexity index is 703. The molecule has 0 aromatic heterocycles. The number of carbonyl (C=O) groups is 2. The molecule has 2 aromatic carbocycles. The van der Waals surface area contributed by atoms with Gasteiger partial charge < -0.3 is 10.1 Å². The van der Waals surface area contributed by atoms with Gasteiger partial charge in [-0.3, -0.25) is 4.79 Å². The van der Waals surface area contributed by atoms with Crippen molar-refractivity contribution in [2.45, 2.75) is 20.5 Å². The fraction of sp³-hybridized carbons (Fsp3) is 0.158. The molecule has 0 heterocycles. The van der Waals surface area contributed by atoms with E-state index in [9.17, 15) is 9.59 Å². The van der Waals surface area contributed by atoms with Gasteiger partial charge in [-0.1, -0.05) is 60.2 Å². The molecule has 2 rings (SSSR count). The van der Waals surface area contributed by atoms with Gasteiger partial charge in [0.05, 0.1) is 0 Å². The molecule has 0 unspecified atom stereocenters. The summed E-state index contributed by atoms with van der Waals surface area (Å²) in [6, 6.07) is 17.0. The zero-order valence-corrected chi connectivity index (χ0v) is 13.2. The van der Waals surface area contributed by atoms with E-state index in [1.54, 1.807) is 6.08 Å². The van der Waals surface area contributed by atoms with Crippen molar-refractivity contribution in [3.63, 3.8) is 0 Å². The molecule has 2 aromatic rings. The maximum Gasteiger partial charge on any atom is 0.355 e. The normalized spacial score (nSPS) is 11.0. The zero-order valence-electron chi connectivity index (χ0n) is 13.2. The molecular formula is C19H19NO3. The van der Waals surface area contributed by atoms with Crippen molar-refractivity contribution in [1.82, 2.24) is 5.32 Å². The summed E-state index contributed by atoms with van der Waals surface area (Å²) in [6.45, 7) is 3.50. The van der Waals surface area contributed by atoms with Gasteiger partial charge in [-0.15, -0.1) is 0 Å². The van der Waals surface area contributed by atoms with Crippen LogP contribution < -0.4 is 5.32 Å². The Labute approximate surface area is 135 Å². The predicted octanol–water partition coefficient (Wildman–Crippen LogP) is 3.22. The van der Waals surface area contributed by atoms with Crippen LogP contribution in [0, 0.1) is 6.92 Å². The van der Waals surface area contributed by atoms with Crippen LogP contribution in [-0.2, 0) is 20.9 Å². The quantitative estimate of drug-likeness (QED) is 0.681. The molecule has 0 radical (unpaired) electrons. The third kappa shape index (κ3) is 5.43. The Morgan fingerprint density at radius 2 is 1.70 bits per heavy atom. The molecule has 0 aliphatic rings. The Morgan fingerprint density at radius 1 is 1.04 bits per heavy atom. The first-order valence-electron chi connectivity index (χ1n) is 7.31. The van der Waals surface area contributed by atoms with E-state index >= 15 is 0 Å². The maximum atomic E-state index is 12.2. The number of ether oxygens (including phenoxy) is 1. The van der Waals surface area contributed by atoms with E-state index < -0.39 is 5.97 Å². The number of esters is 1. The third-order valence-corrected chi connectivity index (χ3v) is 3.13. The summed E-state index contributed by atoms with van der Waals surface area (Å²) in [5.41, 5.74) is 2.97. The van der Waals surface area contributed by atoms with Crippen LogP contribution in [0.1, 0.15) is 23.6 Å². The topological polar surface area (TPSA) is 55.4 Å².